The Kier molecular flexibility index (Phi) is 3.86. The molecule has 4 heterocycles. The number of aliphatic hydroxyl groups excluding tert-OH is 1. The Balaban J connectivity index is 1.73. The number of aromatic nitrogens is 5. The molecule has 1 saturated heterocycles. The molecule has 0 aromatic carbocycles. The summed E-state index contributed by atoms with van der Waals surface area (Å²) in [4.78, 5) is 6.42. The lowest BCUT2D eigenvalue weighted by atomic mass is 10.1. The summed E-state index contributed by atoms with van der Waals surface area (Å²) in [5, 5.41) is 22.9. The van der Waals surface area contributed by atoms with E-state index in [2.05, 4.69) is 20.1 Å². The summed E-state index contributed by atoms with van der Waals surface area (Å²) in [5.41, 5.74) is 1.60. The number of fused-ring (bicyclic) bond motifs is 1. The molecule has 124 valence electrons. The van der Waals surface area contributed by atoms with Crippen molar-refractivity contribution in [2.45, 2.75) is 38.3 Å². The van der Waals surface area contributed by atoms with Crippen molar-refractivity contribution in [3.8, 4) is 11.4 Å². The molecule has 1 N–H and O–H groups in total. The van der Waals surface area contributed by atoms with E-state index in [0.717, 1.165) is 37.2 Å². The average Bonchev–Trinajstić information content (AvgIpc) is 3.21. The van der Waals surface area contributed by atoms with Gasteiger partial charge in [0.15, 0.2) is 11.5 Å². The Bertz CT molecular complexity index is 831. The van der Waals surface area contributed by atoms with Gasteiger partial charge in [-0.3, -0.25) is 4.98 Å². The van der Waals surface area contributed by atoms with E-state index in [1.807, 2.05) is 31.2 Å². The Morgan fingerprint density at radius 1 is 1.29 bits per heavy atom. The summed E-state index contributed by atoms with van der Waals surface area (Å²) in [5.74, 6) is 1.59. The molecule has 0 saturated carbocycles. The minimum Gasteiger partial charge on any atom is -0.393 e. The number of nitrogens with zero attached hydrogens (tertiary/aromatic N) is 6. The van der Waals surface area contributed by atoms with Crippen LogP contribution in [0.3, 0.4) is 0 Å². The molecule has 0 amide bonds. The molecule has 7 heteroatoms. The van der Waals surface area contributed by atoms with Crippen molar-refractivity contribution >= 4 is 11.5 Å². The Hall–Kier alpha value is -2.54. The first-order valence-corrected chi connectivity index (χ1v) is 8.30. The first-order chi connectivity index (χ1) is 11.7. The van der Waals surface area contributed by atoms with Gasteiger partial charge < -0.3 is 10.0 Å². The average molecular weight is 324 g/mol. The van der Waals surface area contributed by atoms with E-state index in [9.17, 15) is 5.11 Å². The molecule has 7 nitrogen and oxygen atoms in total. The van der Waals surface area contributed by atoms with E-state index in [0.29, 0.717) is 17.5 Å². The molecule has 3 aromatic rings. The van der Waals surface area contributed by atoms with Crippen LogP contribution in [-0.4, -0.2) is 48.6 Å². The third kappa shape index (κ3) is 2.71. The molecule has 1 aliphatic rings. The highest BCUT2D eigenvalue weighted by molar-refractivity contribution is 5.58. The third-order valence-electron chi connectivity index (χ3n) is 4.45. The van der Waals surface area contributed by atoms with Crippen LogP contribution in [0.2, 0.25) is 0 Å². The molecule has 24 heavy (non-hydrogen) atoms. The Morgan fingerprint density at radius 2 is 2.21 bits per heavy atom. The largest absolute Gasteiger partial charge is 0.393 e. The predicted octanol–water partition coefficient (Wildman–Crippen LogP) is 1.93. The summed E-state index contributed by atoms with van der Waals surface area (Å²) in [6.45, 7) is 2.80. The lowest BCUT2D eigenvalue weighted by Gasteiger charge is -2.26. The molecule has 2 atom stereocenters. The van der Waals surface area contributed by atoms with E-state index in [1.54, 1.807) is 16.9 Å². The summed E-state index contributed by atoms with van der Waals surface area (Å²) in [7, 11) is 0. The molecule has 4 rings (SSSR count). The standard InChI is InChI=1S/C17H20N6O/c1-12(24)10-14-5-3-9-22(14)16-7-6-15-19-20-17(23(15)21-16)13-4-2-8-18-11-13/h2,4,6-8,11-12,14,24H,3,5,9-10H2,1H3. The fourth-order valence-electron chi connectivity index (χ4n) is 3.38. The number of anilines is 1. The summed E-state index contributed by atoms with van der Waals surface area (Å²) in [6, 6.07) is 8.07. The zero-order valence-electron chi connectivity index (χ0n) is 13.6. The van der Waals surface area contributed by atoms with Gasteiger partial charge in [0.05, 0.1) is 6.10 Å². The highest BCUT2D eigenvalue weighted by Crippen LogP contribution is 2.27. The van der Waals surface area contributed by atoms with Crippen LogP contribution in [0.25, 0.3) is 17.0 Å². The highest BCUT2D eigenvalue weighted by Gasteiger charge is 2.27. The number of hydrogen-bond donors (Lipinski definition) is 1. The highest BCUT2D eigenvalue weighted by atomic mass is 16.3. The van der Waals surface area contributed by atoms with E-state index in [4.69, 9.17) is 5.10 Å². The van der Waals surface area contributed by atoms with Crippen LogP contribution < -0.4 is 4.90 Å². The molecule has 2 unspecified atom stereocenters. The minimum absolute atomic E-state index is 0.305. The molecule has 1 fully saturated rings. The van der Waals surface area contributed by atoms with E-state index >= 15 is 0 Å². The SMILES string of the molecule is CC(O)CC1CCCN1c1ccc2nnc(-c3cccnc3)n2n1. The van der Waals surface area contributed by atoms with Gasteiger partial charge in [0.2, 0.25) is 0 Å². The molecule has 0 bridgehead atoms. The van der Waals surface area contributed by atoms with Gasteiger partial charge in [0.25, 0.3) is 0 Å². The van der Waals surface area contributed by atoms with Crippen LogP contribution in [0.1, 0.15) is 26.2 Å². The van der Waals surface area contributed by atoms with Gasteiger partial charge in [-0.05, 0) is 50.5 Å². The van der Waals surface area contributed by atoms with Crippen LogP contribution in [0.5, 0.6) is 0 Å². The molecule has 3 aromatic heterocycles. The van der Waals surface area contributed by atoms with Crippen molar-refractivity contribution in [2.75, 3.05) is 11.4 Å². The Morgan fingerprint density at radius 3 is 3.00 bits per heavy atom. The van der Waals surface area contributed by atoms with E-state index in [1.165, 1.54) is 0 Å². The van der Waals surface area contributed by atoms with Gasteiger partial charge in [-0.2, -0.15) is 4.52 Å². The monoisotopic (exact) mass is 324 g/mol. The molecule has 0 aliphatic carbocycles. The van der Waals surface area contributed by atoms with E-state index in [-0.39, 0.29) is 6.10 Å². The van der Waals surface area contributed by atoms with Gasteiger partial charge in [0, 0.05) is 30.5 Å². The van der Waals surface area contributed by atoms with Gasteiger partial charge in [-0.15, -0.1) is 15.3 Å². The van der Waals surface area contributed by atoms with Crippen LogP contribution in [0.15, 0.2) is 36.7 Å². The van der Waals surface area contributed by atoms with Crippen molar-refractivity contribution in [3.63, 3.8) is 0 Å². The van der Waals surface area contributed by atoms with Crippen LogP contribution in [0.4, 0.5) is 5.82 Å². The first-order valence-electron chi connectivity index (χ1n) is 8.30. The maximum Gasteiger partial charge on any atom is 0.187 e. The minimum atomic E-state index is -0.305. The lowest BCUT2D eigenvalue weighted by molar-refractivity contribution is 0.175. The van der Waals surface area contributed by atoms with Crippen molar-refractivity contribution in [1.29, 1.82) is 0 Å². The maximum absolute atomic E-state index is 9.73. The van der Waals surface area contributed by atoms with Crippen LogP contribution >= 0.6 is 0 Å². The van der Waals surface area contributed by atoms with Crippen LogP contribution in [0, 0.1) is 0 Å². The maximum atomic E-state index is 9.73. The summed E-state index contributed by atoms with van der Waals surface area (Å²) in [6.07, 6.45) is 6.15. The second-order valence-electron chi connectivity index (χ2n) is 6.30. The number of hydrogen-bond acceptors (Lipinski definition) is 6. The lowest BCUT2D eigenvalue weighted by Crippen LogP contribution is -2.32. The second-order valence-corrected chi connectivity index (χ2v) is 6.30. The molecule has 1 aliphatic heterocycles. The summed E-state index contributed by atoms with van der Waals surface area (Å²) < 4.78 is 1.77. The molecular weight excluding hydrogens is 304 g/mol. The van der Waals surface area contributed by atoms with Crippen LogP contribution in [-0.2, 0) is 0 Å². The predicted molar refractivity (Wildman–Crippen MR) is 90.7 cm³/mol. The summed E-state index contributed by atoms with van der Waals surface area (Å²) >= 11 is 0. The second kappa shape index (κ2) is 6.16. The zero-order valence-corrected chi connectivity index (χ0v) is 13.6. The quantitative estimate of drug-likeness (QED) is 0.790. The van der Waals surface area contributed by atoms with Gasteiger partial charge in [-0.1, -0.05) is 0 Å². The van der Waals surface area contributed by atoms with Gasteiger partial charge in [0.1, 0.15) is 5.82 Å². The topological polar surface area (TPSA) is 79.4 Å². The smallest absolute Gasteiger partial charge is 0.187 e. The Labute approximate surface area is 140 Å². The third-order valence-corrected chi connectivity index (χ3v) is 4.45. The molecule has 0 spiro atoms. The van der Waals surface area contributed by atoms with Crippen molar-refractivity contribution in [3.05, 3.63) is 36.7 Å². The van der Waals surface area contributed by atoms with Crippen molar-refractivity contribution < 1.29 is 5.11 Å². The van der Waals surface area contributed by atoms with Crippen molar-refractivity contribution in [2.24, 2.45) is 0 Å². The number of rotatable bonds is 4. The number of aliphatic hydroxyl groups is 1. The number of pyridine rings is 1. The van der Waals surface area contributed by atoms with Gasteiger partial charge in [-0.25, -0.2) is 0 Å². The fraction of sp³-hybridized carbons (Fsp3) is 0.412. The molecule has 0 radical (unpaired) electrons. The van der Waals surface area contributed by atoms with E-state index < -0.39 is 0 Å². The van der Waals surface area contributed by atoms with Gasteiger partial charge >= 0.3 is 0 Å². The zero-order chi connectivity index (χ0) is 16.5. The van der Waals surface area contributed by atoms with Crippen molar-refractivity contribution in [1.82, 2.24) is 24.8 Å². The normalized spacial score (nSPS) is 19.1. The fourth-order valence-corrected chi connectivity index (χ4v) is 3.38. The molecular formula is C17H20N6O. The first kappa shape index (κ1) is 15.0.